The molecule has 0 bridgehead atoms. The number of anilines is 1. The molecule has 1 unspecified atom stereocenters. The number of sulfonamides is 1. The van der Waals surface area contributed by atoms with Gasteiger partial charge in [-0.25, -0.2) is 12.8 Å². The number of hydrogen-bond acceptors (Lipinski definition) is 3. The smallest absolute Gasteiger partial charge is 0.242 e. The van der Waals surface area contributed by atoms with E-state index in [-0.39, 0.29) is 10.6 Å². The Kier molecular flexibility index (Phi) is 5.51. The number of carbonyl (C=O) groups excluding carboxylic acids is 1. The predicted molar refractivity (Wildman–Crippen MR) is 89.0 cm³/mol. The van der Waals surface area contributed by atoms with Gasteiger partial charge in [0.05, 0.1) is 16.6 Å². The number of amides is 1. The SMILES string of the molecule is CC(NS(=O)(=O)c1ccccc1)C(=O)Nc1ccc(Br)cc1F. The first-order valence-corrected chi connectivity index (χ1v) is 8.90. The maximum absolute atomic E-state index is 13.7. The van der Waals surface area contributed by atoms with Crippen LogP contribution in [0.5, 0.6) is 0 Å². The molecule has 122 valence electrons. The van der Waals surface area contributed by atoms with Crippen molar-refractivity contribution < 1.29 is 17.6 Å². The molecule has 0 fully saturated rings. The summed E-state index contributed by atoms with van der Waals surface area (Å²) in [6, 6.07) is 10.8. The van der Waals surface area contributed by atoms with Crippen LogP contribution < -0.4 is 10.0 Å². The average Bonchev–Trinajstić information content (AvgIpc) is 2.50. The van der Waals surface area contributed by atoms with Gasteiger partial charge in [0.1, 0.15) is 5.82 Å². The number of halogens is 2. The second-order valence-electron chi connectivity index (χ2n) is 4.77. The summed E-state index contributed by atoms with van der Waals surface area (Å²) in [7, 11) is -3.83. The molecule has 23 heavy (non-hydrogen) atoms. The van der Waals surface area contributed by atoms with Crippen LogP contribution in [0.3, 0.4) is 0 Å². The van der Waals surface area contributed by atoms with Crippen molar-refractivity contribution >= 4 is 37.5 Å². The molecule has 2 N–H and O–H groups in total. The number of nitrogens with one attached hydrogen (secondary N) is 2. The van der Waals surface area contributed by atoms with Crippen LogP contribution in [0.2, 0.25) is 0 Å². The number of carbonyl (C=O) groups is 1. The maximum Gasteiger partial charge on any atom is 0.242 e. The highest BCUT2D eigenvalue weighted by molar-refractivity contribution is 9.10. The summed E-state index contributed by atoms with van der Waals surface area (Å²) in [5.74, 6) is -1.28. The minimum atomic E-state index is -3.83. The molecule has 1 atom stereocenters. The van der Waals surface area contributed by atoms with Crippen molar-refractivity contribution in [2.24, 2.45) is 0 Å². The third-order valence-electron chi connectivity index (χ3n) is 2.97. The Morgan fingerprint density at radius 2 is 1.83 bits per heavy atom. The molecular formula is C15H14BrFN2O3S. The quantitative estimate of drug-likeness (QED) is 0.809. The Bertz CT molecular complexity index is 813. The van der Waals surface area contributed by atoms with Crippen LogP contribution in [0.15, 0.2) is 57.9 Å². The zero-order chi connectivity index (χ0) is 17.0. The van der Waals surface area contributed by atoms with Gasteiger partial charge in [-0.05, 0) is 37.3 Å². The molecule has 2 rings (SSSR count). The van der Waals surface area contributed by atoms with Gasteiger partial charge in [0.2, 0.25) is 15.9 Å². The molecule has 0 saturated carbocycles. The van der Waals surface area contributed by atoms with E-state index in [0.717, 1.165) is 0 Å². The third-order valence-corrected chi connectivity index (χ3v) is 5.02. The summed E-state index contributed by atoms with van der Waals surface area (Å²) < 4.78 is 40.8. The fraction of sp³-hybridized carbons (Fsp3) is 0.133. The van der Waals surface area contributed by atoms with E-state index < -0.39 is 27.8 Å². The molecule has 0 aliphatic heterocycles. The molecule has 0 radical (unpaired) electrons. The van der Waals surface area contributed by atoms with E-state index in [1.807, 2.05) is 0 Å². The maximum atomic E-state index is 13.7. The third kappa shape index (κ3) is 4.60. The van der Waals surface area contributed by atoms with Crippen molar-refractivity contribution in [3.8, 4) is 0 Å². The monoisotopic (exact) mass is 400 g/mol. The van der Waals surface area contributed by atoms with Gasteiger partial charge in [-0.2, -0.15) is 4.72 Å². The van der Waals surface area contributed by atoms with Gasteiger partial charge < -0.3 is 5.32 Å². The van der Waals surface area contributed by atoms with Gasteiger partial charge in [0, 0.05) is 4.47 Å². The normalized spacial score (nSPS) is 12.7. The van der Waals surface area contributed by atoms with Crippen LogP contribution in [-0.4, -0.2) is 20.4 Å². The van der Waals surface area contributed by atoms with E-state index in [1.165, 1.54) is 31.2 Å². The second-order valence-corrected chi connectivity index (χ2v) is 7.40. The lowest BCUT2D eigenvalue weighted by atomic mass is 10.2. The molecule has 0 aromatic heterocycles. The summed E-state index contributed by atoms with van der Waals surface area (Å²) in [4.78, 5) is 12.1. The highest BCUT2D eigenvalue weighted by Gasteiger charge is 2.22. The van der Waals surface area contributed by atoms with Crippen LogP contribution in [0.25, 0.3) is 0 Å². The van der Waals surface area contributed by atoms with E-state index in [4.69, 9.17) is 0 Å². The molecule has 0 aliphatic rings. The lowest BCUT2D eigenvalue weighted by Crippen LogP contribution is -2.41. The van der Waals surface area contributed by atoms with Gasteiger partial charge in [0.25, 0.3) is 0 Å². The highest BCUT2D eigenvalue weighted by atomic mass is 79.9. The van der Waals surface area contributed by atoms with Crippen molar-refractivity contribution in [2.75, 3.05) is 5.32 Å². The van der Waals surface area contributed by atoms with Crippen molar-refractivity contribution in [3.63, 3.8) is 0 Å². The van der Waals surface area contributed by atoms with E-state index in [1.54, 1.807) is 24.3 Å². The molecule has 2 aromatic rings. The molecular weight excluding hydrogens is 387 g/mol. The van der Waals surface area contributed by atoms with Crippen LogP contribution in [-0.2, 0) is 14.8 Å². The second kappa shape index (κ2) is 7.20. The minimum absolute atomic E-state index is 0.0241. The first kappa shape index (κ1) is 17.6. The summed E-state index contributed by atoms with van der Waals surface area (Å²) in [6.45, 7) is 1.38. The fourth-order valence-corrected chi connectivity index (χ4v) is 3.34. The number of benzene rings is 2. The van der Waals surface area contributed by atoms with Gasteiger partial charge in [-0.3, -0.25) is 4.79 Å². The Morgan fingerprint density at radius 1 is 1.17 bits per heavy atom. The van der Waals surface area contributed by atoms with Gasteiger partial charge in [0.15, 0.2) is 0 Å². The minimum Gasteiger partial charge on any atom is -0.322 e. The van der Waals surface area contributed by atoms with Crippen molar-refractivity contribution in [3.05, 3.63) is 58.8 Å². The van der Waals surface area contributed by atoms with Crippen molar-refractivity contribution in [2.45, 2.75) is 17.9 Å². The van der Waals surface area contributed by atoms with Crippen LogP contribution in [0.1, 0.15) is 6.92 Å². The topological polar surface area (TPSA) is 75.3 Å². The molecule has 5 nitrogen and oxygen atoms in total. The van der Waals surface area contributed by atoms with E-state index in [0.29, 0.717) is 4.47 Å². The van der Waals surface area contributed by atoms with Crippen LogP contribution >= 0.6 is 15.9 Å². The molecule has 0 spiro atoms. The van der Waals surface area contributed by atoms with Crippen LogP contribution in [0.4, 0.5) is 10.1 Å². The molecule has 0 heterocycles. The van der Waals surface area contributed by atoms with E-state index >= 15 is 0 Å². The Hall–Kier alpha value is -1.77. The Morgan fingerprint density at radius 3 is 2.43 bits per heavy atom. The molecule has 0 saturated heterocycles. The van der Waals surface area contributed by atoms with Crippen molar-refractivity contribution in [1.82, 2.24) is 4.72 Å². The molecule has 8 heteroatoms. The van der Waals surface area contributed by atoms with E-state index in [9.17, 15) is 17.6 Å². The predicted octanol–water partition coefficient (Wildman–Crippen LogP) is 2.89. The van der Waals surface area contributed by atoms with Gasteiger partial charge >= 0.3 is 0 Å². The Balaban J connectivity index is 2.08. The largest absolute Gasteiger partial charge is 0.322 e. The first-order chi connectivity index (χ1) is 10.8. The average molecular weight is 401 g/mol. The summed E-state index contributed by atoms with van der Waals surface area (Å²) >= 11 is 3.11. The van der Waals surface area contributed by atoms with Crippen molar-refractivity contribution in [1.29, 1.82) is 0 Å². The summed E-state index contributed by atoms with van der Waals surface area (Å²) in [5, 5.41) is 2.35. The lowest BCUT2D eigenvalue weighted by Gasteiger charge is -2.15. The summed E-state index contributed by atoms with van der Waals surface area (Å²) in [6.07, 6.45) is 0. The zero-order valence-electron chi connectivity index (χ0n) is 12.1. The molecule has 1 amide bonds. The molecule has 2 aromatic carbocycles. The molecule has 0 aliphatic carbocycles. The lowest BCUT2D eigenvalue weighted by molar-refractivity contribution is -0.117. The fourth-order valence-electron chi connectivity index (χ4n) is 1.79. The Labute approximate surface area is 142 Å². The van der Waals surface area contributed by atoms with Gasteiger partial charge in [-0.1, -0.05) is 34.1 Å². The summed E-state index contributed by atoms with van der Waals surface area (Å²) in [5.41, 5.74) is -0.0241. The standard InChI is InChI=1S/C15H14BrFN2O3S/c1-10(19-23(21,22)12-5-3-2-4-6-12)15(20)18-14-8-7-11(16)9-13(14)17/h2-10,19H,1H3,(H,18,20). The zero-order valence-corrected chi connectivity index (χ0v) is 14.5. The highest BCUT2D eigenvalue weighted by Crippen LogP contribution is 2.19. The van der Waals surface area contributed by atoms with Crippen LogP contribution in [0, 0.1) is 5.82 Å². The van der Waals surface area contributed by atoms with Gasteiger partial charge in [-0.15, -0.1) is 0 Å². The first-order valence-electron chi connectivity index (χ1n) is 6.63. The number of rotatable bonds is 5. The van der Waals surface area contributed by atoms with E-state index in [2.05, 4.69) is 26.0 Å². The number of hydrogen-bond donors (Lipinski definition) is 2.